The fraction of sp³-hybridized carbons (Fsp3) is 0.414. The van der Waals surface area contributed by atoms with Gasteiger partial charge in [-0.15, -0.1) is 0 Å². The van der Waals surface area contributed by atoms with E-state index in [1.165, 1.54) is 5.56 Å². The van der Waals surface area contributed by atoms with Crippen LogP contribution >= 0.6 is 0 Å². The quantitative estimate of drug-likeness (QED) is 0.137. The van der Waals surface area contributed by atoms with Gasteiger partial charge in [-0.3, -0.25) is 9.35 Å². The Bertz CT molecular complexity index is 1490. The Kier molecular flexibility index (Phi) is 8.13. The van der Waals surface area contributed by atoms with Gasteiger partial charge in [0.15, 0.2) is 0 Å². The number of amides is 1. The Hall–Kier alpha value is -2.74. The molecule has 0 radical (unpaired) electrons. The van der Waals surface area contributed by atoms with E-state index < -0.39 is 10.1 Å². The van der Waals surface area contributed by atoms with Gasteiger partial charge in [0.2, 0.25) is 5.91 Å². The Labute approximate surface area is 213 Å². The molecule has 0 aliphatic carbocycles. The highest BCUT2D eigenvalue weighted by Gasteiger charge is 2.21. The van der Waals surface area contributed by atoms with Crippen molar-refractivity contribution in [3.05, 3.63) is 53.1 Å². The topological polar surface area (TPSA) is 92.7 Å². The monoisotopic (exact) mass is 509 g/mol. The molecule has 0 saturated heterocycles. The highest BCUT2D eigenvalue weighted by atomic mass is 32.2. The molecule has 4 aromatic carbocycles. The number of hydrogen-bond acceptors (Lipinski definition) is 4. The molecule has 0 bridgehead atoms. The molecule has 2 N–H and O–H groups in total. The third kappa shape index (κ3) is 5.48. The van der Waals surface area contributed by atoms with Gasteiger partial charge in [-0.05, 0) is 89.2 Å². The van der Waals surface area contributed by atoms with Crippen molar-refractivity contribution in [1.82, 2.24) is 5.32 Å². The highest BCUT2D eigenvalue weighted by Crippen LogP contribution is 2.41. The zero-order valence-corrected chi connectivity index (χ0v) is 22.1. The summed E-state index contributed by atoms with van der Waals surface area (Å²) < 4.78 is 39.1. The third-order valence-corrected chi connectivity index (χ3v) is 7.98. The number of rotatable bonds is 12. The van der Waals surface area contributed by atoms with Crippen LogP contribution in [0.2, 0.25) is 0 Å². The van der Waals surface area contributed by atoms with Crippen molar-refractivity contribution in [2.75, 3.05) is 20.3 Å². The highest BCUT2D eigenvalue weighted by molar-refractivity contribution is 7.86. The normalized spacial score (nSPS) is 12.2. The van der Waals surface area contributed by atoms with Gasteiger partial charge < -0.3 is 10.1 Å². The summed E-state index contributed by atoms with van der Waals surface area (Å²) in [6.07, 6.45) is 6.26. The fourth-order valence-corrected chi connectivity index (χ4v) is 6.08. The summed E-state index contributed by atoms with van der Waals surface area (Å²) >= 11 is 0. The maximum atomic E-state index is 12.1. The Balaban J connectivity index is 1.51. The van der Waals surface area contributed by atoms with E-state index in [9.17, 15) is 17.8 Å². The third-order valence-electron chi connectivity index (χ3n) is 7.09. The van der Waals surface area contributed by atoms with Crippen LogP contribution in [-0.2, 0) is 26.1 Å². The first-order valence-electron chi connectivity index (χ1n) is 12.7. The Morgan fingerprint density at radius 3 is 2.17 bits per heavy atom. The molecule has 0 spiro atoms. The predicted octanol–water partition coefficient (Wildman–Crippen LogP) is 6.09. The van der Waals surface area contributed by atoms with Gasteiger partial charge in [-0.1, -0.05) is 43.2 Å². The molecule has 0 heterocycles. The molecule has 0 aliphatic rings. The molecule has 0 aliphatic heterocycles. The number of ether oxygens (including phenoxy) is 1. The zero-order chi connectivity index (χ0) is 25.9. The van der Waals surface area contributed by atoms with Crippen LogP contribution < -0.4 is 5.32 Å². The molecule has 0 aromatic heterocycles. The van der Waals surface area contributed by atoms with E-state index in [1.54, 1.807) is 13.2 Å². The maximum Gasteiger partial charge on any atom is 0.295 e. The molecule has 0 saturated carbocycles. The molecule has 6 nitrogen and oxygen atoms in total. The molecule has 0 fully saturated rings. The van der Waals surface area contributed by atoms with Crippen molar-refractivity contribution in [2.45, 2.75) is 63.7 Å². The van der Waals surface area contributed by atoms with Crippen molar-refractivity contribution in [1.29, 1.82) is 0 Å². The summed E-state index contributed by atoms with van der Waals surface area (Å²) in [5, 5.41) is 8.71. The van der Waals surface area contributed by atoms with Gasteiger partial charge in [0.1, 0.15) is 4.90 Å². The first-order valence-corrected chi connectivity index (χ1v) is 14.1. The molecule has 4 rings (SSSR count). The number of carbonyl (C=O) groups is 1. The minimum Gasteiger partial charge on any atom is -0.385 e. The van der Waals surface area contributed by atoms with Gasteiger partial charge in [-0.25, -0.2) is 0 Å². The van der Waals surface area contributed by atoms with Crippen LogP contribution in [-0.4, -0.2) is 39.1 Å². The van der Waals surface area contributed by atoms with E-state index in [2.05, 4.69) is 24.4 Å². The molecular formula is C29H35NO5S. The number of methoxy groups -OCH3 is 1. The standard InChI is InChI=1S/C29H35NO5S/c1-19-17-21(9-6-4-5-7-10-27(31)30-15-8-16-35-3)24-13-14-25-26(36(32,33)34)18-20(2)23-12-11-22(19)28(24)29(23)25/h11-14,17-18H,4-10,15-16H2,1-3H3,(H,30,31)(H,32,33,34). The van der Waals surface area contributed by atoms with Crippen LogP contribution in [0.25, 0.3) is 32.3 Å². The summed E-state index contributed by atoms with van der Waals surface area (Å²) in [4.78, 5) is 11.9. The Morgan fingerprint density at radius 2 is 1.47 bits per heavy atom. The van der Waals surface area contributed by atoms with Crippen molar-refractivity contribution in [3.8, 4) is 0 Å². The Morgan fingerprint density at radius 1 is 0.861 bits per heavy atom. The molecule has 4 aromatic rings. The summed E-state index contributed by atoms with van der Waals surface area (Å²) in [6, 6.07) is 11.8. The van der Waals surface area contributed by atoms with Crippen LogP contribution in [0.3, 0.4) is 0 Å². The van der Waals surface area contributed by atoms with Gasteiger partial charge in [0.05, 0.1) is 0 Å². The first kappa shape index (κ1) is 26.3. The lowest BCUT2D eigenvalue weighted by Gasteiger charge is -2.18. The second kappa shape index (κ2) is 11.1. The molecule has 0 unspecified atom stereocenters. The SMILES string of the molecule is COCCCNC(=O)CCCCCCc1cc(C)c2ccc3c(C)cc(S(=O)(=O)O)c4ccc1c2c34. The van der Waals surface area contributed by atoms with Crippen molar-refractivity contribution < 1.29 is 22.5 Å². The fourth-order valence-electron chi connectivity index (χ4n) is 5.30. The van der Waals surface area contributed by atoms with E-state index in [0.29, 0.717) is 25.0 Å². The van der Waals surface area contributed by atoms with E-state index in [4.69, 9.17) is 4.74 Å². The van der Waals surface area contributed by atoms with Gasteiger partial charge in [0.25, 0.3) is 10.1 Å². The smallest absolute Gasteiger partial charge is 0.295 e. The van der Waals surface area contributed by atoms with Crippen molar-refractivity contribution in [2.24, 2.45) is 0 Å². The molecule has 192 valence electrons. The predicted molar refractivity (Wildman–Crippen MR) is 146 cm³/mol. The number of aryl methyl sites for hydroxylation is 3. The number of carbonyl (C=O) groups excluding carboxylic acids is 1. The van der Waals surface area contributed by atoms with Crippen LogP contribution in [0, 0.1) is 13.8 Å². The molecular weight excluding hydrogens is 474 g/mol. The lowest BCUT2D eigenvalue weighted by atomic mass is 9.87. The van der Waals surface area contributed by atoms with E-state index in [0.717, 1.165) is 76.6 Å². The van der Waals surface area contributed by atoms with E-state index in [-0.39, 0.29) is 10.8 Å². The van der Waals surface area contributed by atoms with E-state index >= 15 is 0 Å². The summed E-state index contributed by atoms with van der Waals surface area (Å²) in [5.41, 5.74) is 3.24. The van der Waals surface area contributed by atoms with Crippen LogP contribution in [0.15, 0.2) is 41.3 Å². The number of hydrogen-bond donors (Lipinski definition) is 2. The van der Waals surface area contributed by atoms with Crippen molar-refractivity contribution >= 4 is 48.3 Å². The van der Waals surface area contributed by atoms with Gasteiger partial charge in [0, 0.05) is 32.1 Å². The second-order valence-electron chi connectivity index (χ2n) is 9.70. The summed E-state index contributed by atoms with van der Waals surface area (Å²) in [5.74, 6) is 0.105. The lowest BCUT2D eigenvalue weighted by Crippen LogP contribution is -2.24. The number of nitrogens with one attached hydrogen (secondary N) is 1. The first-order chi connectivity index (χ1) is 17.2. The van der Waals surface area contributed by atoms with Crippen LogP contribution in [0.5, 0.6) is 0 Å². The molecule has 36 heavy (non-hydrogen) atoms. The largest absolute Gasteiger partial charge is 0.385 e. The molecule has 1 amide bonds. The second-order valence-corrected chi connectivity index (χ2v) is 11.1. The number of benzene rings is 4. The minimum absolute atomic E-state index is 0.0345. The zero-order valence-electron chi connectivity index (χ0n) is 21.3. The van der Waals surface area contributed by atoms with Crippen molar-refractivity contribution in [3.63, 3.8) is 0 Å². The average Bonchev–Trinajstić information content (AvgIpc) is 2.84. The minimum atomic E-state index is -4.34. The van der Waals surface area contributed by atoms with Gasteiger partial charge in [-0.2, -0.15) is 8.42 Å². The van der Waals surface area contributed by atoms with Crippen LogP contribution in [0.4, 0.5) is 0 Å². The molecule has 0 atom stereocenters. The average molecular weight is 510 g/mol. The van der Waals surface area contributed by atoms with Gasteiger partial charge >= 0.3 is 0 Å². The summed E-state index contributed by atoms with van der Waals surface area (Å²) in [7, 11) is -2.68. The van der Waals surface area contributed by atoms with Crippen LogP contribution in [0.1, 0.15) is 55.2 Å². The lowest BCUT2D eigenvalue weighted by molar-refractivity contribution is -0.121. The van der Waals surface area contributed by atoms with E-state index in [1.807, 2.05) is 25.1 Å². The summed E-state index contributed by atoms with van der Waals surface area (Å²) in [6.45, 7) is 5.29. The number of unbranched alkanes of at least 4 members (excludes halogenated alkanes) is 3. The molecule has 7 heteroatoms. The maximum absolute atomic E-state index is 12.1.